The van der Waals surface area contributed by atoms with Crippen LogP contribution in [-0.4, -0.2) is 0 Å². The number of hydrogen-bond donors (Lipinski definition) is 0. The van der Waals surface area contributed by atoms with Crippen molar-refractivity contribution in [3.05, 3.63) is 46.6 Å². The van der Waals surface area contributed by atoms with Crippen LogP contribution in [0.1, 0.15) is 39.0 Å². The lowest BCUT2D eigenvalue weighted by Crippen LogP contribution is -2.33. The largest absolute Gasteiger partial charge is 0.0807 e. The highest BCUT2D eigenvalue weighted by atomic mass is 14.4. The predicted octanol–water partition coefficient (Wildman–Crippen LogP) is 4.57. The summed E-state index contributed by atoms with van der Waals surface area (Å²) in [6.07, 6.45) is 16.6. The SMILES string of the molecule is CC1C=C2CCCC3=C2C2C(=CCCC12)C=C3. The molecule has 0 fully saturated rings. The van der Waals surface area contributed by atoms with E-state index in [2.05, 4.69) is 31.2 Å². The smallest absolute Gasteiger partial charge is 0.0125 e. The van der Waals surface area contributed by atoms with E-state index in [-0.39, 0.29) is 0 Å². The normalized spacial score (nSPS) is 38.5. The summed E-state index contributed by atoms with van der Waals surface area (Å²) in [6.45, 7) is 2.43. The van der Waals surface area contributed by atoms with Gasteiger partial charge in [0.2, 0.25) is 0 Å². The van der Waals surface area contributed by atoms with E-state index in [4.69, 9.17) is 0 Å². The summed E-state index contributed by atoms with van der Waals surface area (Å²) in [7, 11) is 0. The minimum atomic E-state index is 0.763. The summed E-state index contributed by atoms with van der Waals surface area (Å²) in [4.78, 5) is 0. The molecule has 4 aliphatic rings. The Labute approximate surface area is 104 Å². The molecular weight excluding hydrogens is 204 g/mol. The second kappa shape index (κ2) is 3.48. The zero-order valence-corrected chi connectivity index (χ0v) is 10.6. The van der Waals surface area contributed by atoms with Gasteiger partial charge in [-0.3, -0.25) is 0 Å². The fraction of sp³-hybridized carbons (Fsp3) is 0.529. The standard InChI is InChI=1S/C17H20/c1-11-10-14-6-2-4-12-8-9-13-5-3-7-15(11)17(13)16(12)14/h5,8-11,15,17H,2-4,6-7H2,1H3. The molecule has 88 valence electrons. The van der Waals surface area contributed by atoms with E-state index in [0.717, 1.165) is 17.8 Å². The van der Waals surface area contributed by atoms with Gasteiger partial charge in [-0.2, -0.15) is 0 Å². The quantitative estimate of drug-likeness (QED) is 0.565. The Balaban J connectivity index is 1.95. The highest BCUT2D eigenvalue weighted by molar-refractivity contribution is 5.56. The van der Waals surface area contributed by atoms with Crippen molar-refractivity contribution in [3.8, 4) is 0 Å². The first kappa shape index (κ1) is 9.94. The van der Waals surface area contributed by atoms with E-state index in [0.29, 0.717) is 0 Å². The van der Waals surface area contributed by atoms with Gasteiger partial charge in [-0.1, -0.05) is 31.2 Å². The molecule has 0 bridgehead atoms. The zero-order valence-electron chi connectivity index (χ0n) is 10.6. The summed E-state index contributed by atoms with van der Waals surface area (Å²) in [6, 6.07) is 0. The lowest BCUT2D eigenvalue weighted by atomic mass is 9.59. The molecule has 4 aliphatic carbocycles. The lowest BCUT2D eigenvalue weighted by Gasteiger charge is -2.45. The average molecular weight is 224 g/mol. The van der Waals surface area contributed by atoms with Crippen molar-refractivity contribution >= 4 is 0 Å². The van der Waals surface area contributed by atoms with E-state index < -0.39 is 0 Å². The summed E-state index contributed by atoms with van der Waals surface area (Å²) in [5.74, 6) is 2.43. The Morgan fingerprint density at radius 1 is 1.18 bits per heavy atom. The van der Waals surface area contributed by atoms with Gasteiger partial charge < -0.3 is 0 Å². The van der Waals surface area contributed by atoms with E-state index >= 15 is 0 Å². The molecule has 0 saturated heterocycles. The molecule has 0 radical (unpaired) electrons. The van der Waals surface area contributed by atoms with Crippen LogP contribution in [-0.2, 0) is 0 Å². The van der Waals surface area contributed by atoms with E-state index in [1.165, 1.54) is 32.1 Å². The molecule has 0 heteroatoms. The third-order valence-electron chi connectivity index (χ3n) is 5.18. The molecule has 0 aromatic carbocycles. The first-order valence-corrected chi connectivity index (χ1v) is 7.17. The van der Waals surface area contributed by atoms with Gasteiger partial charge in [0.25, 0.3) is 0 Å². The molecule has 3 atom stereocenters. The maximum Gasteiger partial charge on any atom is 0.0125 e. The molecule has 0 nitrogen and oxygen atoms in total. The Hall–Kier alpha value is -1.04. The number of hydrogen-bond acceptors (Lipinski definition) is 0. The van der Waals surface area contributed by atoms with Gasteiger partial charge in [-0.15, -0.1) is 0 Å². The third kappa shape index (κ3) is 1.30. The molecule has 17 heavy (non-hydrogen) atoms. The van der Waals surface area contributed by atoms with Crippen molar-refractivity contribution < 1.29 is 0 Å². The predicted molar refractivity (Wildman–Crippen MR) is 71.6 cm³/mol. The Kier molecular flexibility index (Phi) is 2.03. The molecule has 0 heterocycles. The van der Waals surface area contributed by atoms with Crippen LogP contribution in [0.15, 0.2) is 46.6 Å². The first-order chi connectivity index (χ1) is 8.34. The molecule has 0 aliphatic heterocycles. The summed E-state index contributed by atoms with van der Waals surface area (Å²) < 4.78 is 0. The van der Waals surface area contributed by atoms with Crippen molar-refractivity contribution in [1.29, 1.82) is 0 Å². The fourth-order valence-electron chi connectivity index (χ4n) is 4.43. The van der Waals surface area contributed by atoms with Crippen LogP contribution < -0.4 is 0 Å². The van der Waals surface area contributed by atoms with Crippen LogP contribution in [0.2, 0.25) is 0 Å². The summed E-state index contributed by atoms with van der Waals surface area (Å²) in [5, 5.41) is 0. The van der Waals surface area contributed by atoms with Crippen LogP contribution in [0, 0.1) is 17.8 Å². The van der Waals surface area contributed by atoms with Gasteiger partial charge in [0.15, 0.2) is 0 Å². The summed E-state index contributed by atoms with van der Waals surface area (Å²) >= 11 is 0. The molecule has 0 amide bonds. The maximum atomic E-state index is 2.60. The van der Waals surface area contributed by atoms with E-state index in [1.54, 1.807) is 22.3 Å². The van der Waals surface area contributed by atoms with Gasteiger partial charge >= 0.3 is 0 Å². The van der Waals surface area contributed by atoms with E-state index in [1.807, 2.05) is 0 Å². The maximum absolute atomic E-state index is 2.60. The van der Waals surface area contributed by atoms with Crippen LogP contribution in [0.5, 0.6) is 0 Å². The van der Waals surface area contributed by atoms with Crippen molar-refractivity contribution in [2.24, 2.45) is 17.8 Å². The first-order valence-electron chi connectivity index (χ1n) is 7.17. The number of allylic oxidation sites excluding steroid dienone is 8. The van der Waals surface area contributed by atoms with E-state index in [9.17, 15) is 0 Å². The third-order valence-corrected chi connectivity index (χ3v) is 5.18. The number of rotatable bonds is 0. The van der Waals surface area contributed by atoms with Gasteiger partial charge in [0.05, 0.1) is 0 Å². The van der Waals surface area contributed by atoms with Crippen LogP contribution in [0.25, 0.3) is 0 Å². The van der Waals surface area contributed by atoms with Gasteiger partial charge in [-0.05, 0) is 66.2 Å². The molecule has 4 rings (SSSR count). The summed E-state index contributed by atoms with van der Waals surface area (Å²) in [5.41, 5.74) is 6.72. The molecule has 0 aromatic rings. The van der Waals surface area contributed by atoms with Gasteiger partial charge in [0.1, 0.15) is 0 Å². The van der Waals surface area contributed by atoms with Crippen molar-refractivity contribution in [1.82, 2.24) is 0 Å². The lowest BCUT2D eigenvalue weighted by molar-refractivity contribution is 0.293. The minimum absolute atomic E-state index is 0.763. The highest BCUT2D eigenvalue weighted by Gasteiger charge is 2.40. The molecule has 0 aromatic heterocycles. The average Bonchev–Trinajstić information content (AvgIpc) is 2.37. The van der Waals surface area contributed by atoms with Crippen LogP contribution >= 0.6 is 0 Å². The second-order valence-electron chi connectivity index (χ2n) is 6.10. The Morgan fingerprint density at radius 2 is 2.12 bits per heavy atom. The Morgan fingerprint density at radius 3 is 3.06 bits per heavy atom. The molecule has 3 unspecified atom stereocenters. The van der Waals surface area contributed by atoms with Crippen LogP contribution in [0.3, 0.4) is 0 Å². The fourth-order valence-corrected chi connectivity index (χ4v) is 4.43. The Bertz CT molecular complexity index is 484. The molecule has 0 spiro atoms. The van der Waals surface area contributed by atoms with Crippen molar-refractivity contribution in [3.63, 3.8) is 0 Å². The van der Waals surface area contributed by atoms with Crippen LogP contribution in [0.4, 0.5) is 0 Å². The van der Waals surface area contributed by atoms with Gasteiger partial charge in [-0.25, -0.2) is 0 Å². The molecule has 0 N–H and O–H groups in total. The molecular formula is C17H20. The minimum Gasteiger partial charge on any atom is -0.0807 e. The zero-order chi connectivity index (χ0) is 11.4. The molecule has 0 saturated carbocycles. The topological polar surface area (TPSA) is 0 Å². The van der Waals surface area contributed by atoms with Crippen molar-refractivity contribution in [2.75, 3.05) is 0 Å². The highest BCUT2D eigenvalue weighted by Crippen LogP contribution is 2.52. The van der Waals surface area contributed by atoms with Crippen molar-refractivity contribution in [2.45, 2.75) is 39.0 Å². The second-order valence-corrected chi connectivity index (χ2v) is 6.10. The van der Waals surface area contributed by atoms with Gasteiger partial charge in [0, 0.05) is 5.92 Å². The monoisotopic (exact) mass is 224 g/mol.